The van der Waals surface area contributed by atoms with Crippen molar-refractivity contribution in [3.05, 3.63) is 97.2 Å². The first-order valence-corrected chi connectivity index (χ1v) is 26.9. The molecule has 0 heterocycles. The lowest BCUT2D eigenvalue weighted by Crippen LogP contribution is -2.64. The van der Waals surface area contributed by atoms with Gasteiger partial charge in [0.25, 0.3) is 0 Å². The molecule has 0 aromatic rings. The Morgan fingerprint density at radius 3 is 1.65 bits per heavy atom. The van der Waals surface area contributed by atoms with Crippen molar-refractivity contribution < 1.29 is 82.0 Å². The Bertz CT molecular complexity index is 1700. The number of hydrogen-bond acceptors (Lipinski definition) is 14. The Kier molecular flexibility index (Phi) is 35.7. The third kappa shape index (κ3) is 32.6. The smallest absolute Gasteiger partial charge is 0.462 e. The van der Waals surface area contributed by atoms with Crippen molar-refractivity contribution in [2.75, 3.05) is 13.2 Å². The average molecular weight is 1000 g/mol. The highest BCUT2D eigenvalue weighted by atomic mass is 31.2. The molecule has 19 heteroatoms. The molecule has 1 aliphatic rings. The minimum atomic E-state index is -5.39. The number of phosphoric acid groups is 2. The van der Waals surface area contributed by atoms with Gasteiger partial charge in [-0.3, -0.25) is 23.2 Å². The van der Waals surface area contributed by atoms with Crippen LogP contribution in [0.25, 0.3) is 0 Å². The highest BCUT2D eigenvalue weighted by Crippen LogP contribution is 2.49. The first kappa shape index (κ1) is 62.9. The lowest BCUT2D eigenvalue weighted by molar-refractivity contribution is -0.216. The van der Waals surface area contributed by atoms with Gasteiger partial charge in [0.2, 0.25) is 0 Å². The van der Waals surface area contributed by atoms with Crippen LogP contribution in [0.5, 0.6) is 0 Å². The molecular weight excluding hydrogens is 922 g/mol. The van der Waals surface area contributed by atoms with Crippen molar-refractivity contribution >= 4 is 27.6 Å². The van der Waals surface area contributed by atoms with Gasteiger partial charge < -0.3 is 49.7 Å². The summed E-state index contributed by atoms with van der Waals surface area (Å²) in [5, 5.41) is 51.6. The van der Waals surface area contributed by atoms with Crippen LogP contribution in [0.4, 0.5) is 0 Å². The molecule has 8 N–H and O–H groups in total. The molecule has 1 fully saturated rings. The number of unbranched alkanes of at least 4 members (excludes halogenated alkanes) is 8. The third-order valence-corrected chi connectivity index (χ3v) is 11.8. The van der Waals surface area contributed by atoms with Crippen LogP contribution < -0.4 is 0 Å². The van der Waals surface area contributed by atoms with Gasteiger partial charge in [-0.1, -0.05) is 143 Å². The standard InChI is InChI=1S/C49H80O17P2/c1-3-5-7-9-11-13-15-17-19-21-22-24-26-28-30-32-34-40(50)36-37-42(51)62-38-41(64-43(52)35-33-31-29-27-25-23-20-18-16-14-12-10-8-6-4-2)39-63-68(60,61)66-49-46(55)44(53)45(54)48(47(49)56)65-67(57,58)59/h5,7,11-14,17-20,22,24,28,30,32,34,40-41,44-50,53-56H,3-4,6,8-10,15-16,21,23,25-27,29,31,33,35-39H2,1-2H3,(H,60,61)(H2,57,58,59)/b7-5-,13-11-,14-12-,19-17-,20-18-,24-22-,30-28-,34-32-/t40?,41-,44?,45?,46?,47?,48-,49+/m1/s1. The predicted octanol–water partition coefficient (Wildman–Crippen LogP) is 8.14. The molecule has 1 aliphatic carbocycles. The molecule has 1 rings (SSSR count). The molecule has 0 radical (unpaired) electrons. The van der Waals surface area contributed by atoms with Crippen LogP contribution in [0, 0.1) is 0 Å². The molecule has 6 unspecified atom stereocenters. The predicted molar refractivity (Wildman–Crippen MR) is 261 cm³/mol. The Balaban J connectivity index is 2.70. The van der Waals surface area contributed by atoms with Gasteiger partial charge in [-0.15, -0.1) is 0 Å². The summed E-state index contributed by atoms with van der Waals surface area (Å²) in [4.78, 5) is 54.3. The van der Waals surface area contributed by atoms with Crippen molar-refractivity contribution in [2.45, 2.75) is 185 Å². The van der Waals surface area contributed by atoms with Crippen LogP contribution in [-0.4, -0.2) is 114 Å². The maximum atomic E-state index is 13.0. The molecular formula is C49H80O17P2. The summed E-state index contributed by atoms with van der Waals surface area (Å²) in [5.41, 5.74) is 0. The number of phosphoric ester groups is 2. The van der Waals surface area contributed by atoms with E-state index in [1.807, 2.05) is 12.2 Å². The second kappa shape index (κ2) is 38.6. The van der Waals surface area contributed by atoms with E-state index in [2.05, 4.69) is 85.2 Å². The summed E-state index contributed by atoms with van der Waals surface area (Å²) in [7, 11) is -10.8. The largest absolute Gasteiger partial charge is 0.472 e. The van der Waals surface area contributed by atoms with Crippen molar-refractivity contribution in [1.29, 1.82) is 0 Å². The third-order valence-electron chi connectivity index (χ3n) is 10.3. The summed E-state index contributed by atoms with van der Waals surface area (Å²) in [6.45, 7) is 2.73. The fourth-order valence-corrected chi connectivity index (χ4v) is 8.06. The van der Waals surface area contributed by atoms with Gasteiger partial charge in [0, 0.05) is 12.8 Å². The van der Waals surface area contributed by atoms with E-state index in [4.69, 9.17) is 18.5 Å². The second-order valence-electron chi connectivity index (χ2n) is 16.3. The van der Waals surface area contributed by atoms with E-state index in [1.54, 1.807) is 12.2 Å². The fraction of sp³-hybridized carbons (Fsp3) is 0.633. The van der Waals surface area contributed by atoms with Crippen molar-refractivity contribution in [3.63, 3.8) is 0 Å². The molecule has 0 aliphatic heterocycles. The van der Waals surface area contributed by atoms with Crippen LogP contribution in [0.1, 0.15) is 136 Å². The zero-order chi connectivity index (χ0) is 50.5. The highest BCUT2D eigenvalue weighted by molar-refractivity contribution is 7.47. The summed E-state index contributed by atoms with van der Waals surface area (Å²) in [6, 6.07) is 0. The monoisotopic (exact) mass is 1000 g/mol. The van der Waals surface area contributed by atoms with Crippen molar-refractivity contribution in [3.8, 4) is 0 Å². The first-order valence-electron chi connectivity index (χ1n) is 23.9. The van der Waals surface area contributed by atoms with E-state index < -0.39 is 89.6 Å². The number of esters is 2. The highest BCUT2D eigenvalue weighted by Gasteiger charge is 2.54. The van der Waals surface area contributed by atoms with Gasteiger partial charge in [-0.25, -0.2) is 9.13 Å². The molecule has 0 spiro atoms. The zero-order valence-electron chi connectivity index (χ0n) is 39.9. The van der Waals surface area contributed by atoms with Crippen LogP contribution in [-0.2, 0) is 41.8 Å². The summed E-state index contributed by atoms with van der Waals surface area (Å²) < 4.78 is 49.2. The lowest BCUT2D eigenvalue weighted by Gasteiger charge is -2.43. The van der Waals surface area contributed by atoms with E-state index in [0.29, 0.717) is 12.8 Å². The molecule has 17 nitrogen and oxygen atoms in total. The minimum Gasteiger partial charge on any atom is -0.462 e. The van der Waals surface area contributed by atoms with Crippen molar-refractivity contribution in [2.24, 2.45) is 0 Å². The van der Waals surface area contributed by atoms with Crippen LogP contribution in [0.2, 0.25) is 0 Å². The molecule has 0 amide bonds. The number of carbonyl (C=O) groups is 2. The van der Waals surface area contributed by atoms with Crippen molar-refractivity contribution in [1.82, 2.24) is 0 Å². The van der Waals surface area contributed by atoms with E-state index in [-0.39, 0.29) is 19.3 Å². The Morgan fingerprint density at radius 1 is 0.559 bits per heavy atom. The number of aliphatic hydroxyl groups excluding tert-OH is 5. The van der Waals surface area contributed by atoms with E-state index in [9.17, 15) is 58.9 Å². The average Bonchev–Trinajstić information content (AvgIpc) is 3.29. The molecule has 9 atom stereocenters. The number of allylic oxidation sites excluding steroid dienone is 15. The number of rotatable bonds is 38. The number of ether oxygens (including phenoxy) is 2. The van der Waals surface area contributed by atoms with Crippen LogP contribution in [0.3, 0.4) is 0 Å². The minimum absolute atomic E-state index is 0.00713. The number of carbonyl (C=O) groups excluding carboxylic acids is 2. The summed E-state index contributed by atoms with van der Waals surface area (Å²) in [6.07, 6.45) is 31.1. The molecule has 68 heavy (non-hydrogen) atoms. The first-order chi connectivity index (χ1) is 32.5. The van der Waals surface area contributed by atoms with E-state index >= 15 is 0 Å². The van der Waals surface area contributed by atoms with Gasteiger partial charge in [-0.2, -0.15) is 0 Å². The van der Waals surface area contributed by atoms with Gasteiger partial charge in [-0.05, 0) is 77.0 Å². The second-order valence-corrected chi connectivity index (χ2v) is 18.9. The number of hydrogen-bond donors (Lipinski definition) is 8. The maximum Gasteiger partial charge on any atom is 0.472 e. The van der Waals surface area contributed by atoms with Gasteiger partial charge >= 0.3 is 27.6 Å². The van der Waals surface area contributed by atoms with E-state index in [1.165, 1.54) is 25.3 Å². The summed E-state index contributed by atoms with van der Waals surface area (Å²) in [5.74, 6) is -1.51. The van der Waals surface area contributed by atoms with Gasteiger partial charge in [0.15, 0.2) is 6.10 Å². The van der Waals surface area contributed by atoms with Crippen LogP contribution >= 0.6 is 15.6 Å². The number of aliphatic hydroxyl groups is 5. The molecule has 0 saturated heterocycles. The Hall–Kier alpha value is -3.12. The molecule has 1 saturated carbocycles. The maximum absolute atomic E-state index is 13.0. The SMILES string of the molecule is CC/C=C\C/C=C\C/C=C\C/C=C\C/C=C\C=C/C(O)CCC(=O)OC[C@H](COP(=O)(O)O[C@H]1C(O)C(O)C(O)[C@@H](OP(=O)(O)O)C1O)OC(=O)CCCCCCC/C=C\C/C=C\CCCCC. The zero-order valence-corrected chi connectivity index (χ0v) is 41.6. The Morgan fingerprint density at radius 2 is 1.07 bits per heavy atom. The Labute approximate surface area is 403 Å². The van der Waals surface area contributed by atoms with Gasteiger partial charge in [0.05, 0.1) is 12.7 Å². The van der Waals surface area contributed by atoms with Crippen LogP contribution in [0.15, 0.2) is 97.2 Å². The lowest BCUT2D eigenvalue weighted by atomic mass is 9.85. The molecule has 388 valence electrons. The molecule has 0 aromatic carbocycles. The van der Waals surface area contributed by atoms with E-state index in [0.717, 1.165) is 70.6 Å². The quantitative estimate of drug-likeness (QED) is 0.00953. The fourth-order valence-electron chi connectivity index (χ4n) is 6.52. The normalized spacial score (nSPS) is 22.6. The van der Waals surface area contributed by atoms with Gasteiger partial charge in [0.1, 0.15) is 43.2 Å². The molecule has 0 bridgehead atoms. The molecule has 0 aromatic heterocycles. The topological polar surface area (TPSA) is 276 Å². The summed E-state index contributed by atoms with van der Waals surface area (Å²) >= 11 is 0.